The summed E-state index contributed by atoms with van der Waals surface area (Å²) < 4.78 is 5.06. The van der Waals surface area contributed by atoms with E-state index in [1.807, 2.05) is 0 Å². The molecule has 0 fully saturated rings. The molecule has 1 unspecified atom stereocenters. The summed E-state index contributed by atoms with van der Waals surface area (Å²) >= 11 is 0. The first-order chi connectivity index (χ1) is 8.49. The minimum Gasteiger partial charge on any atom is -0.475 e. The van der Waals surface area contributed by atoms with Crippen molar-refractivity contribution in [1.82, 2.24) is 10.2 Å². The molecule has 0 radical (unpaired) electrons. The van der Waals surface area contributed by atoms with Crippen LogP contribution in [0.15, 0.2) is 22.6 Å². The summed E-state index contributed by atoms with van der Waals surface area (Å²) in [5.41, 5.74) is 1.79. The largest absolute Gasteiger partial charge is 0.475 e. The third-order valence-corrected chi connectivity index (χ3v) is 2.54. The zero-order chi connectivity index (χ0) is 13.3. The van der Waals surface area contributed by atoms with Gasteiger partial charge in [0, 0.05) is 5.56 Å². The van der Waals surface area contributed by atoms with Crippen molar-refractivity contribution < 1.29 is 19.4 Å². The van der Waals surface area contributed by atoms with Gasteiger partial charge in [-0.25, -0.2) is 4.79 Å². The quantitative estimate of drug-likeness (QED) is 0.853. The molecule has 2 heterocycles. The highest BCUT2D eigenvalue weighted by Gasteiger charge is 2.19. The van der Waals surface area contributed by atoms with Crippen molar-refractivity contribution in [2.75, 3.05) is 0 Å². The maximum absolute atomic E-state index is 10.7. The summed E-state index contributed by atoms with van der Waals surface area (Å²) in [6, 6.07) is 4.43. The van der Waals surface area contributed by atoms with Gasteiger partial charge >= 0.3 is 5.97 Å². The van der Waals surface area contributed by atoms with Gasteiger partial charge in [-0.3, -0.25) is 0 Å². The van der Waals surface area contributed by atoms with Crippen LogP contribution in [0.25, 0.3) is 0 Å². The van der Waals surface area contributed by atoms with Crippen LogP contribution in [0.5, 0.6) is 0 Å². The Morgan fingerprint density at radius 2 is 2.06 bits per heavy atom. The van der Waals surface area contributed by atoms with Gasteiger partial charge in [0.1, 0.15) is 11.9 Å². The molecule has 1 atom stereocenters. The lowest BCUT2D eigenvalue weighted by Gasteiger charge is -2.10. The van der Waals surface area contributed by atoms with Gasteiger partial charge < -0.3 is 14.6 Å². The van der Waals surface area contributed by atoms with Crippen LogP contribution in [0.4, 0.5) is 0 Å². The minimum absolute atomic E-state index is 0.169. The van der Waals surface area contributed by atoms with Crippen molar-refractivity contribution in [3.63, 3.8) is 0 Å². The topological polar surface area (TPSA) is 96.5 Å². The van der Waals surface area contributed by atoms with Crippen LogP contribution in [-0.4, -0.2) is 26.4 Å². The van der Waals surface area contributed by atoms with Gasteiger partial charge in [0.15, 0.2) is 0 Å². The Morgan fingerprint density at radius 3 is 2.67 bits per heavy atom. The van der Waals surface area contributed by atoms with E-state index in [-0.39, 0.29) is 11.5 Å². The van der Waals surface area contributed by atoms with Crippen molar-refractivity contribution in [3.8, 4) is 0 Å². The molecule has 0 spiro atoms. The number of rotatable bonds is 3. The van der Waals surface area contributed by atoms with Gasteiger partial charge in [0.05, 0.1) is 11.4 Å². The van der Waals surface area contributed by atoms with E-state index in [0.717, 1.165) is 0 Å². The van der Waals surface area contributed by atoms with Crippen LogP contribution in [0, 0.1) is 13.8 Å². The number of nitrogens with zero attached hydrogens (tertiary/aromatic N) is 2. The number of aliphatic hydroxyl groups excluding tert-OH is 1. The number of aromatic carboxylic acids is 1. The van der Waals surface area contributed by atoms with Gasteiger partial charge in [0.25, 0.3) is 0 Å². The second-order valence-corrected chi connectivity index (χ2v) is 3.94. The molecule has 18 heavy (non-hydrogen) atoms. The molecule has 94 valence electrons. The second kappa shape index (κ2) is 4.58. The Labute approximate surface area is 103 Å². The molecule has 0 aliphatic rings. The van der Waals surface area contributed by atoms with Crippen LogP contribution < -0.4 is 0 Å². The van der Waals surface area contributed by atoms with Gasteiger partial charge in [-0.05, 0) is 32.0 Å². The Balaban J connectivity index is 2.37. The zero-order valence-corrected chi connectivity index (χ0v) is 9.91. The summed E-state index contributed by atoms with van der Waals surface area (Å²) in [7, 11) is 0. The van der Waals surface area contributed by atoms with Crippen molar-refractivity contribution >= 4 is 5.97 Å². The first-order valence-electron chi connectivity index (χ1n) is 5.31. The molecule has 0 saturated carbocycles. The SMILES string of the molecule is Cc1cc(C(O)c2ccc(C(=O)O)o2)c(C)nn1. The molecule has 2 N–H and O–H groups in total. The first-order valence-corrected chi connectivity index (χ1v) is 5.31. The van der Waals surface area contributed by atoms with E-state index >= 15 is 0 Å². The van der Waals surface area contributed by atoms with E-state index in [9.17, 15) is 9.90 Å². The smallest absolute Gasteiger partial charge is 0.371 e. The lowest BCUT2D eigenvalue weighted by atomic mass is 10.1. The number of aromatic nitrogens is 2. The number of carboxylic acids is 1. The van der Waals surface area contributed by atoms with Gasteiger partial charge in [0.2, 0.25) is 5.76 Å². The molecule has 0 bridgehead atoms. The maximum Gasteiger partial charge on any atom is 0.371 e. The number of aliphatic hydroxyl groups is 1. The Hall–Kier alpha value is -2.21. The fourth-order valence-electron chi connectivity index (χ4n) is 1.61. The number of aryl methyl sites for hydroxylation is 2. The average Bonchev–Trinajstić information content (AvgIpc) is 2.81. The van der Waals surface area contributed by atoms with Gasteiger partial charge in [-0.1, -0.05) is 0 Å². The molecule has 0 aliphatic carbocycles. The first kappa shape index (κ1) is 12.3. The maximum atomic E-state index is 10.7. The van der Waals surface area contributed by atoms with E-state index in [4.69, 9.17) is 9.52 Å². The molecular weight excluding hydrogens is 236 g/mol. The second-order valence-electron chi connectivity index (χ2n) is 3.94. The average molecular weight is 248 g/mol. The van der Waals surface area contributed by atoms with Crippen LogP contribution in [0.2, 0.25) is 0 Å². The molecule has 0 amide bonds. The van der Waals surface area contributed by atoms with Crippen molar-refractivity contribution in [2.24, 2.45) is 0 Å². The van der Waals surface area contributed by atoms with Crippen molar-refractivity contribution in [1.29, 1.82) is 0 Å². The molecule has 2 rings (SSSR count). The van der Waals surface area contributed by atoms with E-state index in [2.05, 4.69) is 10.2 Å². The van der Waals surface area contributed by atoms with E-state index in [1.54, 1.807) is 19.9 Å². The van der Waals surface area contributed by atoms with Crippen molar-refractivity contribution in [3.05, 3.63) is 46.7 Å². The van der Waals surface area contributed by atoms with E-state index < -0.39 is 12.1 Å². The predicted octanol–water partition coefficient (Wildman–Crippen LogP) is 1.47. The Bertz CT molecular complexity index is 592. The highest BCUT2D eigenvalue weighted by atomic mass is 16.4. The lowest BCUT2D eigenvalue weighted by Crippen LogP contribution is -2.05. The number of carbonyl (C=O) groups is 1. The Kier molecular flexibility index (Phi) is 3.12. The fourth-order valence-corrected chi connectivity index (χ4v) is 1.61. The van der Waals surface area contributed by atoms with Crippen LogP contribution in [0.1, 0.15) is 39.4 Å². The minimum atomic E-state index is -1.17. The standard InChI is InChI=1S/C12H12N2O4/c1-6-5-8(7(2)14-13-6)11(15)9-3-4-10(18-9)12(16)17/h3-5,11,15H,1-2H3,(H,16,17). The molecule has 2 aromatic rings. The molecule has 6 heteroatoms. The highest BCUT2D eigenvalue weighted by Crippen LogP contribution is 2.25. The molecule has 6 nitrogen and oxygen atoms in total. The molecule has 0 saturated heterocycles. The molecular formula is C12H12N2O4. The van der Waals surface area contributed by atoms with Gasteiger partial charge in [-0.2, -0.15) is 10.2 Å². The zero-order valence-electron chi connectivity index (χ0n) is 9.91. The number of carboxylic acid groups (broad SMARTS) is 1. The van der Waals surface area contributed by atoms with E-state index in [0.29, 0.717) is 17.0 Å². The lowest BCUT2D eigenvalue weighted by molar-refractivity contribution is 0.0655. The third kappa shape index (κ3) is 2.23. The monoisotopic (exact) mass is 248 g/mol. The number of furan rings is 1. The summed E-state index contributed by atoms with van der Waals surface area (Å²) in [5.74, 6) is -1.21. The molecule has 2 aromatic heterocycles. The predicted molar refractivity (Wildman–Crippen MR) is 61.2 cm³/mol. The third-order valence-electron chi connectivity index (χ3n) is 2.54. The van der Waals surface area contributed by atoms with Crippen LogP contribution in [0.3, 0.4) is 0 Å². The van der Waals surface area contributed by atoms with Gasteiger partial charge in [-0.15, -0.1) is 0 Å². The normalized spacial score (nSPS) is 12.4. The summed E-state index contributed by atoms with van der Waals surface area (Å²) in [6.07, 6.45) is -1.05. The number of hydrogen-bond donors (Lipinski definition) is 2. The summed E-state index contributed by atoms with van der Waals surface area (Å²) in [6.45, 7) is 3.47. The highest BCUT2D eigenvalue weighted by molar-refractivity contribution is 5.84. The van der Waals surface area contributed by atoms with Crippen LogP contribution >= 0.6 is 0 Å². The van der Waals surface area contributed by atoms with E-state index in [1.165, 1.54) is 12.1 Å². The van der Waals surface area contributed by atoms with Crippen LogP contribution in [-0.2, 0) is 0 Å². The fraction of sp³-hybridized carbons (Fsp3) is 0.250. The Morgan fingerprint density at radius 1 is 1.33 bits per heavy atom. The molecule has 0 aromatic carbocycles. The summed E-state index contributed by atoms with van der Waals surface area (Å²) in [5, 5.41) is 26.7. The van der Waals surface area contributed by atoms with Crippen molar-refractivity contribution in [2.45, 2.75) is 20.0 Å². The molecule has 0 aliphatic heterocycles. The summed E-state index contributed by atoms with van der Waals surface area (Å²) in [4.78, 5) is 10.7. The number of hydrogen-bond acceptors (Lipinski definition) is 5.